The quantitative estimate of drug-likeness (QED) is 0.293. The number of nitrogens with zero attached hydrogens (tertiary/aromatic N) is 1. The second-order valence-electron chi connectivity index (χ2n) is 11.7. The van der Waals surface area contributed by atoms with Crippen LogP contribution in [0.15, 0.2) is 84.4 Å². The maximum atomic E-state index is 15.0. The second kappa shape index (κ2) is 10.2. The number of rotatable bonds is 4. The number of carbonyl (C=O) groups excluding carboxylic acids is 4. The number of fused-ring (bicyclic) bond motifs is 4. The summed E-state index contributed by atoms with van der Waals surface area (Å²) in [5.41, 5.74) is -0.766. The van der Waals surface area contributed by atoms with Gasteiger partial charge in [-0.15, -0.1) is 13.2 Å². The van der Waals surface area contributed by atoms with Crippen LogP contribution in [0.2, 0.25) is 5.02 Å². The molecule has 4 aliphatic rings. The molecule has 1 saturated carbocycles. The summed E-state index contributed by atoms with van der Waals surface area (Å²) in [6, 6.07) is 17.6. The average molecular weight is 637 g/mol. The summed E-state index contributed by atoms with van der Waals surface area (Å²) in [5.74, 6) is -7.94. The third kappa shape index (κ3) is 4.35. The highest BCUT2D eigenvalue weighted by molar-refractivity contribution is 6.32. The zero-order chi connectivity index (χ0) is 31.8. The predicted octanol–water partition coefficient (Wildman–Crippen LogP) is 5.39. The van der Waals surface area contributed by atoms with E-state index in [1.165, 1.54) is 6.07 Å². The molecule has 230 valence electrons. The van der Waals surface area contributed by atoms with Crippen molar-refractivity contribution >= 4 is 40.9 Å². The van der Waals surface area contributed by atoms with Gasteiger partial charge in [-0.1, -0.05) is 59.6 Å². The number of carbonyl (C=O) groups is 4. The lowest BCUT2D eigenvalue weighted by Crippen LogP contribution is -2.53. The van der Waals surface area contributed by atoms with Crippen molar-refractivity contribution in [1.82, 2.24) is 5.32 Å². The van der Waals surface area contributed by atoms with Crippen LogP contribution in [0.1, 0.15) is 29.9 Å². The number of aromatic hydroxyl groups is 1. The number of halogens is 4. The number of alkyl halides is 3. The molecule has 4 amide bonds. The highest BCUT2D eigenvalue weighted by Gasteiger charge is 2.70. The minimum Gasteiger partial charge on any atom is -0.508 e. The van der Waals surface area contributed by atoms with Crippen LogP contribution >= 0.6 is 11.6 Å². The Kier molecular flexibility index (Phi) is 6.59. The van der Waals surface area contributed by atoms with Gasteiger partial charge < -0.3 is 9.84 Å². The summed E-state index contributed by atoms with van der Waals surface area (Å²) in [6.07, 6.45) is -3.20. The van der Waals surface area contributed by atoms with Crippen LogP contribution in [0.4, 0.5) is 18.9 Å². The maximum absolute atomic E-state index is 15.0. The topological polar surface area (TPSA) is 113 Å². The van der Waals surface area contributed by atoms with E-state index < -0.39 is 76.5 Å². The molecule has 6 atom stereocenters. The monoisotopic (exact) mass is 636 g/mol. The number of allylic oxidation sites excluding steroid dienone is 2. The van der Waals surface area contributed by atoms with Crippen LogP contribution < -0.4 is 15.0 Å². The predicted molar refractivity (Wildman–Crippen MR) is 154 cm³/mol. The van der Waals surface area contributed by atoms with E-state index in [0.29, 0.717) is 11.1 Å². The third-order valence-electron chi connectivity index (χ3n) is 9.55. The molecule has 2 saturated heterocycles. The van der Waals surface area contributed by atoms with Crippen molar-refractivity contribution in [3.05, 3.63) is 101 Å². The van der Waals surface area contributed by atoms with Gasteiger partial charge in [-0.05, 0) is 60.7 Å². The third-order valence-corrected chi connectivity index (χ3v) is 9.79. The van der Waals surface area contributed by atoms with Crippen molar-refractivity contribution in [3.8, 4) is 11.5 Å². The molecule has 3 aromatic carbocycles. The number of imide groups is 2. The van der Waals surface area contributed by atoms with E-state index >= 15 is 4.79 Å². The van der Waals surface area contributed by atoms with Crippen molar-refractivity contribution in [2.24, 2.45) is 23.7 Å². The molecular weight excluding hydrogens is 613 g/mol. The fourth-order valence-corrected chi connectivity index (χ4v) is 8.14. The van der Waals surface area contributed by atoms with Crippen LogP contribution in [0.25, 0.3) is 0 Å². The lowest BCUT2D eigenvalue weighted by molar-refractivity contribution is -0.274. The van der Waals surface area contributed by atoms with Gasteiger partial charge in [-0.2, -0.15) is 0 Å². The van der Waals surface area contributed by atoms with Gasteiger partial charge in [0.1, 0.15) is 11.5 Å². The minimum absolute atomic E-state index is 0.000235. The fraction of sp³-hybridized carbons (Fsp3) is 0.273. The van der Waals surface area contributed by atoms with Crippen molar-refractivity contribution < 1.29 is 42.2 Å². The SMILES string of the molecule is O=C1NC(=O)[C@H]2CC=C3[C@@H](C[C@H]4C(=O)N(c5cccc(Cl)c5)C(=O)[C@@]4(c4ccccc4)[C@H]3c3cc(OC(F)(F)F)ccc3O)[C@@H]12. The van der Waals surface area contributed by atoms with Gasteiger partial charge in [-0.25, -0.2) is 4.90 Å². The molecule has 2 N–H and O–H groups in total. The van der Waals surface area contributed by atoms with E-state index in [1.807, 2.05) is 0 Å². The number of hydrogen-bond acceptors (Lipinski definition) is 6. The molecule has 0 radical (unpaired) electrons. The van der Waals surface area contributed by atoms with Gasteiger partial charge in [0, 0.05) is 16.5 Å². The van der Waals surface area contributed by atoms with Crippen molar-refractivity contribution in [2.75, 3.05) is 4.90 Å². The first-order valence-corrected chi connectivity index (χ1v) is 14.6. The van der Waals surface area contributed by atoms with E-state index in [2.05, 4.69) is 10.1 Å². The van der Waals surface area contributed by atoms with Crippen molar-refractivity contribution in [2.45, 2.75) is 30.5 Å². The van der Waals surface area contributed by atoms with E-state index in [4.69, 9.17) is 11.6 Å². The molecule has 3 aromatic rings. The number of anilines is 1. The number of phenols is 1. The van der Waals surface area contributed by atoms with Crippen LogP contribution in [0, 0.1) is 23.7 Å². The summed E-state index contributed by atoms with van der Waals surface area (Å²) < 4.78 is 44.3. The minimum atomic E-state index is -5.05. The summed E-state index contributed by atoms with van der Waals surface area (Å²) in [6.45, 7) is 0. The average Bonchev–Trinajstić information content (AvgIpc) is 3.41. The van der Waals surface area contributed by atoms with Crippen LogP contribution in [0.5, 0.6) is 11.5 Å². The molecule has 8 nitrogen and oxygen atoms in total. The Bertz CT molecular complexity index is 1810. The number of nitrogens with one attached hydrogen (secondary N) is 1. The van der Waals surface area contributed by atoms with Crippen molar-refractivity contribution in [3.63, 3.8) is 0 Å². The molecule has 7 rings (SSSR count). The normalized spacial score (nSPS) is 29.1. The van der Waals surface area contributed by atoms with Crippen LogP contribution in [0.3, 0.4) is 0 Å². The first-order chi connectivity index (χ1) is 21.4. The number of amides is 4. The molecule has 2 aliphatic heterocycles. The first kappa shape index (κ1) is 29.1. The summed E-state index contributed by atoms with van der Waals surface area (Å²) >= 11 is 6.26. The molecule has 0 bridgehead atoms. The number of hydrogen-bond donors (Lipinski definition) is 2. The molecular formula is C33H24ClF3N2O6. The largest absolute Gasteiger partial charge is 0.573 e. The molecule has 45 heavy (non-hydrogen) atoms. The zero-order valence-electron chi connectivity index (χ0n) is 23.3. The molecule has 0 aromatic heterocycles. The van der Waals surface area contributed by atoms with Gasteiger partial charge in [0.15, 0.2) is 0 Å². The van der Waals surface area contributed by atoms with E-state index in [0.717, 1.165) is 23.1 Å². The lowest BCUT2D eigenvalue weighted by atomic mass is 9.49. The Balaban J connectivity index is 1.53. The number of phenolic OH excluding ortho intramolecular Hbond substituents is 1. The van der Waals surface area contributed by atoms with Gasteiger partial charge in [-0.3, -0.25) is 24.5 Å². The smallest absolute Gasteiger partial charge is 0.508 e. The molecule has 2 heterocycles. The number of benzene rings is 3. The van der Waals surface area contributed by atoms with Gasteiger partial charge in [0.05, 0.1) is 28.9 Å². The maximum Gasteiger partial charge on any atom is 0.573 e. The molecule has 0 spiro atoms. The van der Waals surface area contributed by atoms with Gasteiger partial charge in [0.25, 0.3) is 0 Å². The fourth-order valence-electron chi connectivity index (χ4n) is 7.96. The van der Waals surface area contributed by atoms with Gasteiger partial charge >= 0.3 is 6.36 Å². The summed E-state index contributed by atoms with van der Waals surface area (Å²) in [5, 5.41) is 13.9. The van der Waals surface area contributed by atoms with Gasteiger partial charge in [0.2, 0.25) is 23.6 Å². The second-order valence-corrected chi connectivity index (χ2v) is 12.2. The number of ether oxygens (including phenoxy) is 1. The molecule has 2 aliphatic carbocycles. The molecule has 3 fully saturated rings. The highest BCUT2D eigenvalue weighted by atomic mass is 35.5. The van der Waals surface area contributed by atoms with Crippen LogP contribution in [-0.2, 0) is 24.6 Å². The first-order valence-electron chi connectivity index (χ1n) is 14.2. The lowest BCUT2D eigenvalue weighted by Gasteiger charge is -2.50. The van der Waals surface area contributed by atoms with Crippen LogP contribution in [-0.4, -0.2) is 35.1 Å². The van der Waals surface area contributed by atoms with E-state index in [1.54, 1.807) is 54.6 Å². The summed E-state index contributed by atoms with van der Waals surface area (Å²) in [7, 11) is 0. The molecule has 12 heteroatoms. The van der Waals surface area contributed by atoms with E-state index in [9.17, 15) is 32.7 Å². The standard InChI is InChI=1S/C33H24ClF3N2O6/c34-17-7-4-8-18(13-17)39-30(43)24-15-22-20(10-11-21-26(22)29(42)38-28(21)41)27(32(24,31(39)44)16-5-2-1-3-6-16)23-14-19(9-12-25(23)40)45-33(35,36)37/h1-10,12-14,21-22,24,26-27,40H,11,15H2,(H,38,41,42)/t21-,22+,24-,26-,27+,32+/m0/s1. The Morgan fingerprint density at radius 2 is 1.69 bits per heavy atom. The Morgan fingerprint density at radius 1 is 0.933 bits per heavy atom. The Hall–Kier alpha value is -4.64. The summed E-state index contributed by atoms with van der Waals surface area (Å²) in [4.78, 5) is 56.4. The van der Waals surface area contributed by atoms with E-state index in [-0.39, 0.29) is 29.1 Å². The Morgan fingerprint density at radius 3 is 2.40 bits per heavy atom. The highest BCUT2D eigenvalue weighted by Crippen LogP contribution is 2.65. The zero-order valence-corrected chi connectivity index (χ0v) is 24.0. The Labute approximate surface area is 259 Å². The molecule has 0 unspecified atom stereocenters. The van der Waals surface area contributed by atoms with Crippen molar-refractivity contribution in [1.29, 1.82) is 0 Å².